The first-order chi connectivity index (χ1) is 13.1. The van der Waals surface area contributed by atoms with Crippen molar-refractivity contribution in [2.75, 3.05) is 18.5 Å². The van der Waals surface area contributed by atoms with Gasteiger partial charge in [-0.05, 0) is 42.0 Å². The largest absolute Gasteiger partial charge is 0.374 e. The fraction of sp³-hybridized carbons (Fsp3) is 0.625. The highest BCUT2D eigenvalue weighted by Gasteiger charge is 2.22. The molecule has 2 heterocycles. The minimum absolute atomic E-state index is 0.697. The molecule has 150 valence electrons. The van der Waals surface area contributed by atoms with Gasteiger partial charge in [-0.2, -0.15) is 5.10 Å². The molecule has 0 N–H and O–H groups in total. The molecule has 3 nitrogen and oxygen atoms in total. The Morgan fingerprint density at radius 3 is 2.22 bits per heavy atom. The van der Waals surface area contributed by atoms with Crippen LogP contribution in [0.5, 0.6) is 0 Å². The predicted molar refractivity (Wildman–Crippen MR) is 119 cm³/mol. The molecule has 3 heteroatoms. The van der Waals surface area contributed by atoms with Crippen LogP contribution in [0.3, 0.4) is 0 Å². The van der Waals surface area contributed by atoms with Gasteiger partial charge in [-0.15, -0.1) is 0 Å². The summed E-state index contributed by atoms with van der Waals surface area (Å²) in [7, 11) is 4.15. The lowest BCUT2D eigenvalue weighted by Crippen LogP contribution is -2.27. The summed E-state index contributed by atoms with van der Waals surface area (Å²) >= 11 is 0. The Bertz CT molecular complexity index is 668. The molecule has 0 fully saturated rings. The fourth-order valence-electron chi connectivity index (χ4n) is 3.88. The van der Waals surface area contributed by atoms with Crippen LogP contribution in [0.2, 0.25) is 0 Å². The Morgan fingerprint density at radius 2 is 1.67 bits per heavy atom. The SMILES string of the molecule is CCCCCCCC.CC[C@H]1CCN(C)c2ccc(-c3cnn(C)c3)cc21. The first-order valence-electron chi connectivity index (χ1n) is 10.9. The smallest absolute Gasteiger partial charge is 0.0568 e. The van der Waals surface area contributed by atoms with Crippen molar-refractivity contribution in [1.29, 1.82) is 0 Å². The van der Waals surface area contributed by atoms with Crippen molar-refractivity contribution < 1.29 is 0 Å². The number of aryl methyl sites for hydroxylation is 1. The number of hydrogen-bond acceptors (Lipinski definition) is 2. The van der Waals surface area contributed by atoms with E-state index in [0.29, 0.717) is 5.92 Å². The van der Waals surface area contributed by atoms with Gasteiger partial charge in [-0.3, -0.25) is 4.68 Å². The third kappa shape index (κ3) is 6.12. The average Bonchev–Trinajstić information content (AvgIpc) is 3.12. The Balaban J connectivity index is 0.000000279. The monoisotopic (exact) mass is 369 g/mol. The quantitative estimate of drug-likeness (QED) is 0.501. The molecule has 0 aliphatic carbocycles. The number of fused-ring (bicyclic) bond motifs is 1. The number of rotatable bonds is 7. The molecule has 3 rings (SSSR count). The first-order valence-corrected chi connectivity index (χ1v) is 10.9. The average molecular weight is 370 g/mol. The second-order valence-electron chi connectivity index (χ2n) is 7.91. The van der Waals surface area contributed by atoms with Gasteiger partial charge in [-0.1, -0.05) is 65.4 Å². The topological polar surface area (TPSA) is 21.1 Å². The summed E-state index contributed by atoms with van der Waals surface area (Å²) in [5.41, 5.74) is 5.37. The summed E-state index contributed by atoms with van der Waals surface area (Å²) in [6, 6.07) is 6.83. The molecule has 27 heavy (non-hydrogen) atoms. The molecule has 0 radical (unpaired) electrons. The van der Waals surface area contributed by atoms with E-state index in [1.54, 1.807) is 0 Å². The summed E-state index contributed by atoms with van der Waals surface area (Å²) in [5.74, 6) is 0.697. The van der Waals surface area contributed by atoms with E-state index in [2.05, 4.69) is 62.2 Å². The van der Waals surface area contributed by atoms with Gasteiger partial charge < -0.3 is 4.90 Å². The second-order valence-corrected chi connectivity index (χ2v) is 7.91. The Kier molecular flexibility index (Phi) is 8.90. The highest BCUT2D eigenvalue weighted by Crippen LogP contribution is 2.38. The predicted octanol–water partition coefficient (Wildman–Crippen LogP) is 6.79. The third-order valence-electron chi connectivity index (χ3n) is 5.68. The summed E-state index contributed by atoms with van der Waals surface area (Å²) in [4.78, 5) is 2.37. The van der Waals surface area contributed by atoms with Gasteiger partial charge in [0.2, 0.25) is 0 Å². The minimum Gasteiger partial charge on any atom is -0.374 e. The van der Waals surface area contributed by atoms with Gasteiger partial charge >= 0.3 is 0 Å². The van der Waals surface area contributed by atoms with E-state index in [0.717, 1.165) is 6.54 Å². The van der Waals surface area contributed by atoms with Crippen molar-refractivity contribution in [2.45, 2.75) is 78.1 Å². The molecule has 1 aromatic heterocycles. The molecule has 1 atom stereocenters. The molecule has 0 saturated carbocycles. The zero-order valence-corrected chi connectivity index (χ0v) is 18.2. The molecule has 0 bridgehead atoms. The van der Waals surface area contributed by atoms with Crippen LogP contribution in [0, 0.1) is 0 Å². The lowest BCUT2D eigenvalue weighted by molar-refractivity contribution is 0.578. The highest BCUT2D eigenvalue weighted by molar-refractivity contribution is 5.69. The number of benzene rings is 1. The number of unbranched alkanes of at least 4 members (excludes halogenated alkanes) is 5. The maximum Gasteiger partial charge on any atom is 0.0568 e. The molecule has 1 aliphatic rings. The van der Waals surface area contributed by atoms with E-state index in [-0.39, 0.29) is 0 Å². The van der Waals surface area contributed by atoms with Gasteiger partial charge in [-0.25, -0.2) is 0 Å². The number of aromatic nitrogens is 2. The second kappa shape index (κ2) is 11.2. The minimum atomic E-state index is 0.697. The Labute approximate surface area is 166 Å². The summed E-state index contributed by atoms with van der Waals surface area (Å²) in [6.07, 6.45) is 15.0. The summed E-state index contributed by atoms with van der Waals surface area (Å²) in [6.45, 7) is 7.96. The van der Waals surface area contributed by atoms with Crippen molar-refractivity contribution in [3.05, 3.63) is 36.2 Å². The van der Waals surface area contributed by atoms with E-state index in [9.17, 15) is 0 Å². The standard InChI is InChI=1S/C16H21N3.C8H18/c1-4-12-7-8-18(2)16-6-5-13(9-15(12)16)14-10-17-19(3)11-14;1-3-5-7-8-6-4-2/h5-6,9-12H,4,7-8H2,1-3H3;3-8H2,1-2H3/t12-;/m0./s1. The molecule has 1 aliphatic heterocycles. The van der Waals surface area contributed by atoms with Crippen LogP contribution in [-0.4, -0.2) is 23.4 Å². The van der Waals surface area contributed by atoms with Crippen molar-refractivity contribution in [3.8, 4) is 11.1 Å². The third-order valence-corrected chi connectivity index (χ3v) is 5.68. The van der Waals surface area contributed by atoms with Gasteiger partial charge in [0.1, 0.15) is 0 Å². The van der Waals surface area contributed by atoms with Gasteiger partial charge in [0.25, 0.3) is 0 Å². The molecule has 1 aromatic carbocycles. The van der Waals surface area contributed by atoms with Crippen LogP contribution < -0.4 is 4.90 Å². The van der Waals surface area contributed by atoms with E-state index in [1.807, 2.05) is 17.9 Å². The molecule has 0 unspecified atom stereocenters. The van der Waals surface area contributed by atoms with Crippen LogP contribution in [0.15, 0.2) is 30.6 Å². The van der Waals surface area contributed by atoms with Crippen LogP contribution >= 0.6 is 0 Å². The molecule has 2 aromatic rings. The van der Waals surface area contributed by atoms with E-state index < -0.39 is 0 Å². The lowest BCUT2D eigenvalue weighted by atomic mass is 9.86. The number of nitrogens with zero attached hydrogens (tertiary/aromatic N) is 3. The van der Waals surface area contributed by atoms with Gasteiger partial charge in [0.05, 0.1) is 6.20 Å². The normalized spacial score (nSPS) is 15.9. The summed E-state index contributed by atoms with van der Waals surface area (Å²) in [5, 5.41) is 4.27. The molecule has 0 amide bonds. The van der Waals surface area contributed by atoms with Crippen LogP contribution in [0.25, 0.3) is 11.1 Å². The molecular weight excluding hydrogens is 330 g/mol. The molecule has 0 spiro atoms. The van der Waals surface area contributed by atoms with Crippen molar-refractivity contribution in [2.24, 2.45) is 7.05 Å². The van der Waals surface area contributed by atoms with Crippen LogP contribution in [-0.2, 0) is 7.05 Å². The van der Waals surface area contributed by atoms with E-state index in [4.69, 9.17) is 0 Å². The maximum absolute atomic E-state index is 4.27. The maximum atomic E-state index is 4.27. The van der Waals surface area contributed by atoms with E-state index >= 15 is 0 Å². The number of hydrogen-bond donors (Lipinski definition) is 0. The van der Waals surface area contributed by atoms with Crippen molar-refractivity contribution in [1.82, 2.24) is 9.78 Å². The fourth-order valence-corrected chi connectivity index (χ4v) is 3.88. The number of anilines is 1. The highest BCUT2D eigenvalue weighted by atomic mass is 15.2. The van der Waals surface area contributed by atoms with E-state index in [1.165, 1.54) is 73.7 Å². The Morgan fingerprint density at radius 1 is 0.963 bits per heavy atom. The van der Waals surface area contributed by atoms with Crippen molar-refractivity contribution in [3.63, 3.8) is 0 Å². The van der Waals surface area contributed by atoms with Crippen LogP contribution in [0.4, 0.5) is 5.69 Å². The zero-order chi connectivity index (χ0) is 19.6. The van der Waals surface area contributed by atoms with Gasteiger partial charge in [0.15, 0.2) is 0 Å². The summed E-state index contributed by atoms with van der Waals surface area (Å²) < 4.78 is 1.86. The Hall–Kier alpha value is -1.77. The first kappa shape index (κ1) is 21.5. The molecular formula is C24H39N3. The lowest BCUT2D eigenvalue weighted by Gasteiger charge is -2.33. The van der Waals surface area contributed by atoms with Crippen LogP contribution in [0.1, 0.15) is 83.6 Å². The molecule has 0 saturated heterocycles. The van der Waals surface area contributed by atoms with Gasteiger partial charge in [0, 0.05) is 38.1 Å². The zero-order valence-electron chi connectivity index (χ0n) is 18.2. The van der Waals surface area contributed by atoms with Crippen molar-refractivity contribution >= 4 is 5.69 Å².